The van der Waals surface area contributed by atoms with Crippen molar-refractivity contribution in [3.63, 3.8) is 0 Å². The molecule has 0 aliphatic carbocycles. The first-order valence-electron chi connectivity index (χ1n) is 10.4. The van der Waals surface area contributed by atoms with E-state index in [1.54, 1.807) is 18.2 Å². The Hall–Kier alpha value is -2.71. The fraction of sp³-hybridized carbons (Fsp3) is 0.231. The van der Waals surface area contributed by atoms with Gasteiger partial charge in [0.2, 0.25) is 0 Å². The number of hydrogen-bond acceptors (Lipinski definition) is 4. The minimum Gasteiger partial charge on any atom is -1.00 e. The first-order chi connectivity index (χ1) is 14.9. The fourth-order valence-corrected chi connectivity index (χ4v) is 3.89. The van der Waals surface area contributed by atoms with Crippen LogP contribution in [0.1, 0.15) is 11.1 Å². The third-order valence-electron chi connectivity index (χ3n) is 5.51. The Labute approximate surface area is 205 Å². The molecule has 0 aliphatic rings. The number of hydrogen-bond donors (Lipinski definition) is 2. The lowest BCUT2D eigenvalue weighted by atomic mass is 10.1. The Kier molecular flexibility index (Phi) is 7.69. The number of halogens is 1. The molecule has 4 aromatic rings. The molecule has 3 aromatic carbocycles. The zero-order valence-electron chi connectivity index (χ0n) is 18.5. The Bertz CT molecular complexity index is 1180. The summed E-state index contributed by atoms with van der Waals surface area (Å²) in [5, 5.41) is 20.8. The van der Waals surface area contributed by atoms with Gasteiger partial charge in [-0.3, -0.25) is 0 Å². The molecule has 0 radical (unpaired) electrons. The van der Waals surface area contributed by atoms with Gasteiger partial charge in [0.15, 0.2) is 0 Å². The van der Waals surface area contributed by atoms with Crippen molar-refractivity contribution in [2.75, 3.05) is 27.2 Å². The number of likely N-dealkylation sites (N-methyl/N-ethyl adjacent to an activating group) is 1. The van der Waals surface area contributed by atoms with Crippen LogP contribution in [0.15, 0.2) is 66.7 Å². The van der Waals surface area contributed by atoms with E-state index >= 15 is 0 Å². The Balaban J connectivity index is 0.00000289. The number of ether oxygens (including phenoxy) is 1. The Morgan fingerprint density at radius 3 is 2.19 bits per heavy atom. The number of aryl methyl sites for hydroxylation is 1. The molecule has 1 heterocycles. The van der Waals surface area contributed by atoms with Gasteiger partial charge < -0.3 is 48.4 Å². The highest BCUT2D eigenvalue weighted by Gasteiger charge is 2.17. The van der Waals surface area contributed by atoms with Crippen LogP contribution in [0.25, 0.3) is 22.2 Å². The lowest BCUT2D eigenvalue weighted by molar-refractivity contribution is -0.00000895. The molecule has 4 rings (SSSR count). The highest BCUT2D eigenvalue weighted by atomic mass is 127. The van der Waals surface area contributed by atoms with Crippen LogP contribution in [0.5, 0.6) is 17.2 Å². The monoisotopic (exact) mass is 543 g/mol. The topological polar surface area (TPSA) is 57.9 Å². The van der Waals surface area contributed by atoms with E-state index in [0.717, 1.165) is 45.6 Å². The van der Waals surface area contributed by atoms with E-state index in [2.05, 4.69) is 28.5 Å². The Morgan fingerprint density at radius 2 is 1.53 bits per heavy atom. The molecule has 5 nitrogen and oxygen atoms in total. The molecule has 0 spiro atoms. The van der Waals surface area contributed by atoms with E-state index in [1.807, 2.05) is 50.5 Å². The first kappa shape index (κ1) is 23.9. The van der Waals surface area contributed by atoms with Crippen LogP contribution in [-0.2, 0) is 6.54 Å². The predicted molar refractivity (Wildman–Crippen MR) is 125 cm³/mol. The van der Waals surface area contributed by atoms with Gasteiger partial charge in [0.25, 0.3) is 0 Å². The van der Waals surface area contributed by atoms with Gasteiger partial charge in [0, 0.05) is 24.0 Å². The van der Waals surface area contributed by atoms with Gasteiger partial charge in [-0.25, -0.2) is 0 Å². The van der Waals surface area contributed by atoms with Crippen molar-refractivity contribution >= 4 is 10.9 Å². The average molecular weight is 543 g/mol. The SMILES string of the molecule is Cc1c(-c2ccc(O)cc2)n(Cc2ccc(OCCN(C)C)cc2)c2ccc(O)cc12.[I-]. The third-order valence-corrected chi connectivity index (χ3v) is 5.51. The van der Waals surface area contributed by atoms with E-state index in [9.17, 15) is 10.2 Å². The van der Waals surface area contributed by atoms with Crippen LogP contribution in [0, 0.1) is 6.92 Å². The number of phenolic OH excluding ortho intramolecular Hbond substituents is 2. The summed E-state index contributed by atoms with van der Waals surface area (Å²) in [5.41, 5.74) is 5.41. The molecule has 0 unspecified atom stereocenters. The van der Waals surface area contributed by atoms with Gasteiger partial charge in [0.1, 0.15) is 23.9 Å². The number of benzene rings is 3. The molecule has 0 aliphatic heterocycles. The van der Waals surface area contributed by atoms with Crippen molar-refractivity contribution in [2.45, 2.75) is 13.5 Å². The van der Waals surface area contributed by atoms with Crippen LogP contribution < -0.4 is 28.7 Å². The summed E-state index contributed by atoms with van der Waals surface area (Å²) >= 11 is 0. The highest BCUT2D eigenvalue weighted by Crippen LogP contribution is 2.36. The summed E-state index contributed by atoms with van der Waals surface area (Å²) in [5.74, 6) is 1.36. The standard InChI is InChI=1S/C26H28N2O3.HI/c1-18-24-16-22(30)10-13-25(24)28(26(18)20-6-8-21(29)9-7-20)17-19-4-11-23(12-5-19)31-15-14-27(2)3;/h4-13,16,29-30H,14-15,17H2,1-3H3;1H/p-1. The quantitative estimate of drug-likeness (QED) is 0.351. The molecule has 0 saturated carbocycles. The maximum absolute atomic E-state index is 10.0. The second-order valence-electron chi connectivity index (χ2n) is 8.10. The van der Waals surface area contributed by atoms with Gasteiger partial charge in [-0.15, -0.1) is 0 Å². The smallest absolute Gasteiger partial charge is 0.119 e. The van der Waals surface area contributed by atoms with Crippen molar-refractivity contribution in [2.24, 2.45) is 0 Å². The maximum atomic E-state index is 10.0. The summed E-state index contributed by atoms with van der Waals surface area (Å²) < 4.78 is 8.08. The van der Waals surface area contributed by atoms with Crippen molar-refractivity contribution < 1.29 is 38.9 Å². The second kappa shape index (κ2) is 10.3. The minimum absolute atomic E-state index is 0. The molecule has 168 valence electrons. The van der Waals surface area contributed by atoms with Gasteiger partial charge in [-0.05, 0) is 92.3 Å². The van der Waals surface area contributed by atoms with Gasteiger partial charge in [0.05, 0.1) is 5.69 Å². The number of fused-ring (bicyclic) bond motifs is 1. The number of phenols is 2. The molecular formula is C26H28IN2O3-. The Morgan fingerprint density at radius 1 is 0.875 bits per heavy atom. The van der Waals surface area contributed by atoms with E-state index in [0.29, 0.717) is 13.2 Å². The number of rotatable bonds is 7. The zero-order valence-corrected chi connectivity index (χ0v) is 20.7. The molecule has 0 saturated heterocycles. The van der Waals surface area contributed by atoms with Crippen LogP contribution in [0.3, 0.4) is 0 Å². The highest BCUT2D eigenvalue weighted by molar-refractivity contribution is 5.92. The van der Waals surface area contributed by atoms with Gasteiger partial charge in [-0.1, -0.05) is 12.1 Å². The molecule has 0 fully saturated rings. The van der Waals surface area contributed by atoms with Gasteiger partial charge in [-0.2, -0.15) is 0 Å². The molecule has 0 atom stereocenters. The van der Waals surface area contributed by atoms with Crippen LogP contribution >= 0.6 is 0 Å². The van der Waals surface area contributed by atoms with Crippen molar-refractivity contribution in [3.05, 3.63) is 77.9 Å². The van der Waals surface area contributed by atoms with E-state index < -0.39 is 0 Å². The first-order valence-corrected chi connectivity index (χ1v) is 10.4. The summed E-state index contributed by atoms with van der Waals surface area (Å²) in [6, 6.07) is 20.9. The van der Waals surface area contributed by atoms with E-state index in [1.165, 1.54) is 0 Å². The van der Waals surface area contributed by atoms with Crippen molar-refractivity contribution in [1.82, 2.24) is 9.47 Å². The lowest BCUT2D eigenvalue weighted by Gasteiger charge is -2.14. The third kappa shape index (κ3) is 5.19. The normalized spacial score (nSPS) is 11.0. The molecule has 2 N–H and O–H groups in total. The van der Waals surface area contributed by atoms with E-state index in [-0.39, 0.29) is 35.5 Å². The average Bonchev–Trinajstić information content (AvgIpc) is 3.01. The largest absolute Gasteiger partial charge is 1.00 e. The van der Waals surface area contributed by atoms with Crippen molar-refractivity contribution in [3.8, 4) is 28.5 Å². The molecular weight excluding hydrogens is 515 g/mol. The zero-order chi connectivity index (χ0) is 22.0. The number of aromatic hydroxyl groups is 2. The summed E-state index contributed by atoms with van der Waals surface area (Å²) in [6.45, 7) is 4.28. The van der Waals surface area contributed by atoms with Crippen LogP contribution in [-0.4, -0.2) is 46.9 Å². The maximum Gasteiger partial charge on any atom is 0.119 e. The lowest BCUT2D eigenvalue weighted by Crippen LogP contribution is -3.00. The summed E-state index contributed by atoms with van der Waals surface area (Å²) in [6.07, 6.45) is 0. The summed E-state index contributed by atoms with van der Waals surface area (Å²) in [4.78, 5) is 2.09. The molecule has 0 bridgehead atoms. The van der Waals surface area contributed by atoms with Crippen molar-refractivity contribution in [1.29, 1.82) is 0 Å². The second-order valence-corrected chi connectivity index (χ2v) is 8.10. The number of aromatic nitrogens is 1. The summed E-state index contributed by atoms with van der Waals surface area (Å²) in [7, 11) is 4.06. The molecule has 6 heteroatoms. The van der Waals surface area contributed by atoms with Crippen LogP contribution in [0.4, 0.5) is 0 Å². The van der Waals surface area contributed by atoms with Gasteiger partial charge >= 0.3 is 0 Å². The fourth-order valence-electron chi connectivity index (χ4n) is 3.89. The molecule has 32 heavy (non-hydrogen) atoms. The predicted octanol–water partition coefficient (Wildman–Crippen LogP) is 2.02. The minimum atomic E-state index is 0. The molecule has 0 amide bonds. The number of nitrogens with zero attached hydrogens (tertiary/aromatic N) is 2. The van der Waals surface area contributed by atoms with Crippen LogP contribution in [0.2, 0.25) is 0 Å². The van der Waals surface area contributed by atoms with E-state index in [4.69, 9.17) is 4.74 Å². The molecule has 1 aromatic heterocycles.